The van der Waals surface area contributed by atoms with Gasteiger partial charge in [0, 0.05) is 22.2 Å². The monoisotopic (exact) mass is 434 g/mol. The van der Waals surface area contributed by atoms with Gasteiger partial charge in [0.05, 0.1) is 11.5 Å². The van der Waals surface area contributed by atoms with Crippen LogP contribution in [-0.2, 0) is 14.6 Å². The summed E-state index contributed by atoms with van der Waals surface area (Å²) in [5, 5.41) is 11.8. The molecule has 0 aliphatic carbocycles. The van der Waals surface area contributed by atoms with E-state index in [-0.39, 0.29) is 17.1 Å². The van der Waals surface area contributed by atoms with E-state index < -0.39 is 21.8 Å². The predicted octanol–water partition coefficient (Wildman–Crippen LogP) is 2.92. The zero-order valence-electron chi connectivity index (χ0n) is 13.6. The molecular formula is C18H15BrN2O4S. The highest BCUT2D eigenvalue weighted by Gasteiger charge is 2.29. The van der Waals surface area contributed by atoms with Gasteiger partial charge in [-0.1, -0.05) is 28.1 Å². The Balaban J connectivity index is 1.75. The predicted molar refractivity (Wildman–Crippen MR) is 101 cm³/mol. The maximum absolute atomic E-state index is 12.2. The van der Waals surface area contributed by atoms with E-state index in [0.717, 1.165) is 10.0 Å². The van der Waals surface area contributed by atoms with Crippen LogP contribution >= 0.6 is 15.9 Å². The number of rotatable bonds is 4. The summed E-state index contributed by atoms with van der Waals surface area (Å²) in [5.41, 5.74) is 0.725. The van der Waals surface area contributed by atoms with Crippen LogP contribution in [-0.4, -0.2) is 31.9 Å². The molecule has 0 spiro atoms. The summed E-state index contributed by atoms with van der Waals surface area (Å²) in [5.74, 6) is 0.334. The molecule has 1 N–H and O–H groups in total. The van der Waals surface area contributed by atoms with Gasteiger partial charge in [0.15, 0.2) is 9.84 Å². The Kier molecular flexibility index (Phi) is 5.30. The zero-order valence-corrected chi connectivity index (χ0v) is 16.0. The van der Waals surface area contributed by atoms with Crippen molar-refractivity contribution in [3.8, 4) is 17.4 Å². The number of nitrogens with zero attached hydrogens (tertiary/aromatic N) is 1. The number of sulfone groups is 1. The highest BCUT2D eigenvalue weighted by Crippen LogP contribution is 2.26. The second-order valence-electron chi connectivity index (χ2n) is 5.96. The summed E-state index contributed by atoms with van der Waals surface area (Å²) in [6.07, 6.45) is 1.71. The fourth-order valence-corrected chi connectivity index (χ4v) is 4.76. The molecule has 1 aliphatic rings. The fourth-order valence-electron chi connectivity index (χ4n) is 2.69. The van der Waals surface area contributed by atoms with Crippen LogP contribution in [0.25, 0.3) is 17.4 Å². The maximum atomic E-state index is 12.2. The molecule has 1 saturated heterocycles. The second kappa shape index (κ2) is 7.48. The van der Waals surface area contributed by atoms with Crippen molar-refractivity contribution in [3.05, 3.63) is 52.2 Å². The molecule has 8 heteroatoms. The molecule has 1 atom stereocenters. The van der Waals surface area contributed by atoms with E-state index in [4.69, 9.17) is 4.42 Å². The van der Waals surface area contributed by atoms with Crippen molar-refractivity contribution >= 4 is 37.8 Å². The third-order valence-electron chi connectivity index (χ3n) is 3.96. The van der Waals surface area contributed by atoms with Crippen molar-refractivity contribution in [2.45, 2.75) is 12.5 Å². The lowest BCUT2D eigenvalue weighted by molar-refractivity contribution is -0.117. The highest BCUT2D eigenvalue weighted by molar-refractivity contribution is 9.10. The lowest BCUT2D eigenvalue weighted by Gasteiger charge is -2.09. The molecule has 1 aliphatic heterocycles. The summed E-state index contributed by atoms with van der Waals surface area (Å²) in [7, 11) is -3.10. The SMILES string of the molecule is N#C/C(=C/c1ccc(-c2cccc(Br)c2)o1)C(=O)N[C@H]1CCS(=O)(=O)C1. The molecule has 1 fully saturated rings. The molecule has 2 heterocycles. The molecular weight excluding hydrogens is 420 g/mol. The third-order valence-corrected chi connectivity index (χ3v) is 6.22. The number of halogens is 1. The van der Waals surface area contributed by atoms with Gasteiger partial charge < -0.3 is 9.73 Å². The third kappa shape index (κ3) is 4.42. The van der Waals surface area contributed by atoms with Crippen LogP contribution in [0.3, 0.4) is 0 Å². The molecule has 1 amide bonds. The first-order valence-corrected chi connectivity index (χ1v) is 10.5. The summed E-state index contributed by atoms with van der Waals surface area (Å²) < 4.78 is 29.5. The lowest BCUT2D eigenvalue weighted by Crippen LogP contribution is -2.36. The summed E-state index contributed by atoms with van der Waals surface area (Å²) >= 11 is 3.39. The van der Waals surface area contributed by atoms with Gasteiger partial charge in [-0.15, -0.1) is 0 Å². The number of carbonyl (C=O) groups excluding carboxylic acids is 1. The molecule has 134 valence electrons. The fraction of sp³-hybridized carbons (Fsp3) is 0.222. The van der Waals surface area contributed by atoms with Crippen molar-refractivity contribution in [1.29, 1.82) is 5.26 Å². The Hall–Kier alpha value is -2.37. The van der Waals surface area contributed by atoms with Crippen molar-refractivity contribution in [1.82, 2.24) is 5.32 Å². The van der Waals surface area contributed by atoms with Gasteiger partial charge in [-0.25, -0.2) is 8.42 Å². The normalized spacial score (nSPS) is 19.1. The Labute approximate surface area is 159 Å². The molecule has 1 aromatic heterocycles. The van der Waals surface area contributed by atoms with E-state index in [1.54, 1.807) is 12.1 Å². The molecule has 0 saturated carbocycles. The summed E-state index contributed by atoms with van der Waals surface area (Å²) in [4.78, 5) is 12.2. The lowest BCUT2D eigenvalue weighted by atomic mass is 10.2. The van der Waals surface area contributed by atoms with Gasteiger partial charge in [-0.2, -0.15) is 5.26 Å². The van der Waals surface area contributed by atoms with E-state index in [2.05, 4.69) is 21.2 Å². The van der Waals surface area contributed by atoms with E-state index in [1.165, 1.54) is 6.08 Å². The summed E-state index contributed by atoms with van der Waals surface area (Å²) in [6, 6.07) is 12.3. The van der Waals surface area contributed by atoms with Crippen molar-refractivity contribution in [3.63, 3.8) is 0 Å². The van der Waals surface area contributed by atoms with Crippen LogP contribution < -0.4 is 5.32 Å². The number of nitrogens with one attached hydrogen (secondary N) is 1. The molecule has 3 rings (SSSR count). The molecule has 0 radical (unpaired) electrons. The van der Waals surface area contributed by atoms with Crippen LogP contribution in [0.15, 0.2) is 50.9 Å². The van der Waals surface area contributed by atoms with Gasteiger partial charge in [0.2, 0.25) is 0 Å². The first-order valence-electron chi connectivity index (χ1n) is 7.85. The highest BCUT2D eigenvalue weighted by atomic mass is 79.9. The van der Waals surface area contributed by atoms with Gasteiger partial charge in [-0.05, 0) is 30.7 Å². The van der Waals surface area contributed by atoms with Crippen molar-refractivity contribution in [2.24, 2.45) is 0 Å². The largest absolute Gasteiger partial charge is 0.457 e. The second-order valence-corrected chi connectivity index (χ2v) is 9.10. The maximum Gasteiger partial charge on any atom is 0.262 e. The molecule has 26 heavy (non-hydrogen) atoms. The zero-order chi connectivity index (χ0) is 18.7. The number of hydrogen-bond donors (Lipinski definition) is 1. The van der Waals surface area contributed by atoms with Crippen molar-refractivity contribution in [2.75, 3.05) is 11.5 Å². The number of furan rings is 1. The van der Waals surface area contributed by atoms with Crippen LogP contribution in [0.1, 0.15) is 12.2 Å². The smallest absolute Gasteiger partial charge is 0.262 e. The standard InChI is InChI=1S/C18H15BrN2O4S/c19-14-3-1-2-12(8-14)17-5-4-16(25-17)9-13(10-20)18(22)21-15-6-7-26(23,24)11-15/h1-5,8-9,15H,6-7,11H2,(H,21,22)/b13-9-/t15-/m0/s1. The minimum atomic E-state index is -3.10. The molecule has 1 aromatic carbocycles. The minimum absolute atomic E-state index is 0.0533. The minimum Gasteiger partial charge on any atom is -0.457 e. The van der Waals surface area contributed by atoms with E-state index >= 15 is 0 Å². The van der Waals surface area contributed by atoms with Gasteiger partial charge in [-0.3, -0.25) is 4.79 Å². The molecule has 2 aromatic rings. The topological polar surface area (TPSA) is 100 Å². The van der Waals surface area contributed by atoms with Crippen LogP contribution in [0, 0.1) is 11.3 Å². The number of carbonyl (C=O) groups is 1. The molecule has 0 bridgehead atoms. The van der Waals surface area contributed by atoms with Gasteiger partial charge in [0.1, 0.15) is 23.2 Å². The van der Waals surface area contributed by atoms with E-state index in [1.807, 2.05) is 30.3 Å². The van der Waals surface area contributed by atoms with Crippen molar-refractivity contribution < 1.29 is 17.6 Å². The summed E-state index contributed by atoms with van der Waals surface area (Å²) in [6.45, 7) is 0. The first kappa shape index (κ1) is 18.4. The first-order chi connectivity index (χ1) is 12.4. The number of nitriles is 1. The van der Waals surface area contributed by atoms with Gasteiger partial charge in [0.25, 0.3) is 5.91 Å². The van der Waals surface area contributed by atoms with Crippen LogP contribution in [0.5, 0.6) is 0 Å². The molecule has 6 nitrogen and oxygen atoms in total. The Morgan fingerprint density at radius 2 is 2.15 bits per heavy atom. The average Bonchev–Trinajstić information content (AvgIpc) is 3.18. The quantitative estimate of drug-likeness (QED) is 0.588. The average molecular weight is 435 g/mol. The number of benzene rings is 1. The number of amides is 1. The molecule has 0 unspecified atom stereocenters. The Bertz CT molecular complexity index is 1020. The Morgan fingerprint density at radius 3 is 2.81 bits per heavy atom. The Morgan fingerprint density at radius 1 is 1.35 bits per heavy atom. The number of hydrogen-bond acceptors (Lipinski definition) is 5. The van der Waals surface area contributed by atoms with Crippen LogP contribution in [0.2, 0.25) is 0 Å². The van der Waals surface area contributed by atoms with E-state index in [9.17, 15) is 18.5 Å². The van der Waals surface area contributed by atoms with E-state index in [0.29, 0.717) is 17.9 Å². The van der Waals surface area contributed by atoms with Gasteiger partial charge >= 0.3 is 0 Å². The van der Waals surface area contributed by atoms with Crippen LogP contribution in [0.4, 0.5) is 0 Å².